The van der Waals surface area contributed by atoms with E-state index in [0.29, 0.717) is 12.8 Å². The second-order valence-electron chi connectivity index (χ2n) is 12.2. The summed E-state index contributed by atoms with van der Waals surface area (Å²) in [6.45, 7) is 15.6. The monoisotopic (exact) mass is 471 g/mol. The van der Waals surface area contributed by atoms with Crippen molar-refractivity contribution in [3.63, 3.8) is 0 Å². The molecular weight excluding hydrogens is 434 g/mol. The van der Waals surface area contributed by atoms with Gasteiger partial charge >= 0.3 is 0 Å². The summed E-state index contributed by atoms with van der Waals surface area (Å²) in [6, 6.07) is 8.48. The lowest BCUT2D eigenvalue weighted by molar-refractivity contribution is -0.119. The highest BCUT2D eigenvalue weighted by Gasteiger charge is 2.49. The third kappa shape index (κ3) is 3.99. The first-order valence-electron chi connectivity index (χ1n) is 12.8. The fraction of sp³-hybridized carbons (Fsp3) is 0.500. The van der Waals surface area contributed by atoms with E-state index in [4.69, 9.17) is 5.10 Å². The van der Waals surface area contributed by atoms with Gasteiger partial charge in [-0.1, -0.05) is 45.4 Å². The predicted octanol–water partition coefficient (Wildman–Crippen LogP) is 6.41. The van der Waals surface area contributed by atoms with Crippen LogP contribution in [0, 0.1) is 24.7 Å². The predicted molar refractivity (Wildman–Crippen MR) is 139 cm³/mol. The SMILES string of the molecule is CCn1cc(C2C3=C(CC(C)(C)CC3=O)N(c3ccc(C)cc3)C3=C2C(=O)CC(C)(C)C3)c(C)n1. The number of aromatic nitrogens is 2. The topological polar surface area (TPSA) is 55.2 Å². The smallest absolute Gasteiger partial charge is 0.162 e. The van der Waals surface area contributed by atoms with E-state index in [1.165, 1.54) is 5.56 Å². The Kier molecular flexibility index (Phi) is 5.46. The number of nitrogens with zero attached hydrogens (tertiary/aromatic N) is 3. The molecule has 0 spiro atoms. The van der Waals surface area contributed by atoms with Crippen molar-refractivity contribution in [2.24, 2.45) is 10.8 Å². The molecule has 2 heterocycles. The lowest BCUT2D eigenvalue weighted by atomic mass is 9.63. The Balaban J connectivity index is 1.84. The first-order valence-corrected chi connectivity index (χ1v) is 12.8. The van der Waals surface area contributed by atoms with E-state index in [1.54, 1.807) is 0 Å². The van der Waals surface area contributed by atoms with Crippen LogP contribution in [-0.4, -0.2) is 21.3 Å². The van der Waals surface area contributed by atoms with Crippen LogP contribution in [0.1, 0.15) is 83.0 Å². The lowest BCUT2D eigenvalue weighted by Crippen LogP contribution is -2.44. The highest BCUT2D eigenvalue weighted by molar-refractivity contribution is 6.08. The molecule has 0 saturated heterocycles. The lowest BCUT2D eigenvalue weighted by Gasteiger charge is -2.49. The molecule has 1 aromatic carbocycles. The first-order chi connectivity index (χ1) is 16.4. The van der Waals surface area contributed by atoms with Crippen molar-refractivity contribution >= 4 is 17.3 Å². The van der Waals surface area contributed by atoms with Gasteiger partial charge < -0.3 is 4.90 Å². The van der Waals surface area contributed by atoms with Crippen molar-refractivity contribution in [3.05, 3.63) is 69.8 Å². The summed E-state index contributed by atoms with van der Waals surface area (Å²) in [4.78, 5) is 30.1. The van der Waals surface area contributed by atoms with Crippen molar-refractivity contribution in [1.29, 1.82) is 0 Å². The minimum absolute atomic E-state index is 0.141. The fourth-order valence-electron chi connectivity index (χ4n) is 6.26. The van der Waals surface area contributed by atoms with Crippen molar-refractivity contribution in [3.8, 4) is 0 Å². The minimum Gasteiger partial charge on any atom is -0.317 e. The average Bonchev–Trinajstić information content (AvgIpc) is 3.12. The second kappa shape index (κ2) is 8.04. The number of hydrogen-bond donors (Lipinski definition) is 0. The number of anilines is 1. The van der Waals surface area contributed by atoms with Gasteiger partial charge in [-0.15, -0.1) is 0 Å². The van der Waals surface area contributed by atoms with Crippen LogP contribution in [0.4, 0.5) is 5.69 Å². The molecule has 3 aliphatic rings. The van der Waals surface area contributed by atoms with Gasteiger partial charge in [0.25, 0.3) is 0 Å². The van der Waals surface area contributed by atoms with E-state index in [0.717, 1.165) is 58.9 Å². The van der Waals surface area contributed by atoms with Gasteiger partial charge in [0.2, 0.25) is 0 Å². The van der Waals surface area contributed by atoms with Gasteiger partial charge in [0.05, 0.1) is 5.69 Å². The highest BCUT2D eigenvalue weighted by Crippen LogP contribution is 2.55. The Morgan fingerprint density at radius 2 is 1.37 bits per heavy atom. The first kappa shape index (κ1) is 23.8. The van der Waals surface area contributed by atoms with Crippen molar-refractivity contribution < 1.29 is 9.59 Å². The Bertz CT molecular complexity index is 1230. The number of Topliss-reactive ketones (excluding diaryl/α,β-unsaturated/α-hetero) is 2. The zero-order valence-electron chi connectivity index (χ0n) is 22.2. The molecule has 0 amide bonds. The summed E-state index contributed by atoms with van der Waals surface area (Å²) in [5.74, 6) is -0.0217. The van der Waals surface area contributed by atoms with E-state index < -0.39 is 0 Å². The van der Waals surface area contributed by atoms with Crippen molar-refractivity contribution in [2.75, 3.05) is 4.90 Å². The number of carbonyl (C=O) groups excluding carboxylic acids is 2. The molecule has 2 aromatic rings. The van der Waals surface area contributed by atoms with E-state index >= 15 is 0 Å². The van der Waals surface area contributed by atoms with E-state index in [2.05, 4.69) is 76.9 Å². The van der Waals surface area contributed by atoms with Gasteiger partial charge in [-0.25, -0.2) is 0 Å². The van der Waals surface area contributed by atoms with Crippen LogP contribution in [0.25, 0.3) is 0 Å². The molecule has 5 heteroatoms. The van der Waals surface area contributed by atoms with Gasteiger partial charge in [0, 0.05) is 65.3 Å². The third-order valence-electron chi connectivity index (χ3n) is 7.82. The maximum Gasteiger partial charge on any atom is 0.162 e. The molecule has 184 valence electrons. The number of ketones is 2. The van der Waals surface area contributed by atoms with E-state index in [-0.39, 0.29) is 28.3 Å². The summed E-state index contributed by atoms with van der Waals surface area (Å²) in [6.07, 6.45) is 4.63. The number of aryl methyl sites for hydroxylation is 3. The Morgan fingerprint density at radius 1 is 0.857 bits per heavy atom. The number of rotatable bonds is 3. The summed E-state index contributed by atoms with van der Waals surface area (Å²) in [5.41, 5.74) is 7.57. The third-order valence-corrected chi connectivity index (χ3v) is 7.82. The van der Waals surface area contributed by atoms with Gasteiger partial charge in [-0.05, 0) is 56.6 Å². The van der Waals surface area contributed by atoms with Gasteiger partial charge in [-0.3, -0.25) is 14.3 Å². The summed E-state index contributed by atoms with van der Waals surface area (Å²) in [7, 11) is 0. The number of carbonyl (C=O) groups is 2. The van der Waals surface area contributed by atoms with E-state index in [1.807, 2.05) is 11.6 Å². The maximum atomic E-state index is 13.9. The molecule has 5 nitrogen and oxygen atoms in total. The van der Waals surface area contributed by atoms with E-state index in [9.17, 15) is 9.59 Å². The van der Waals surface area contributed by atoms with Crippen LogP contribution < -0.4 is 4.90 Å². The van der Waals surface area contributed by atoms with Crippen LogP contribution in [0.5, 0.6) is 0 Å². The Morgan fingerprint density at radius 3 is 1.83 bits per heavy atom. The standard InChI is InChI=1S/C30H37N3O2/c1-8-32-17-21(19(3)31-32)26-27-22(13-29(4,5)15-24(27)34)33(20-11-9-18(2)10-12-20)23-14-30(6,7)16-25(35)28(23)26/h9-12,17,26H,8,13-16H2,1-7H3. The van der Waals surface area contributed by atoms with Gasteiger partial charge in [0.15, 0.2) is 11.6 Å². The molecule has 1 aromatic heterocycles. The largest absolute Gasteiger partial charge is 0.317 e. The summed E-state index contributed by atoms with van der Waals surface area (Å²) >= 11 is 0. The summed E-state index contributed by atoms with van der Waals surface area (Å²) in [5, 5.41) is 4.71. The van der Waals surface area contributed by atoms with Gasteiger partial charge in [-0.2, -0.15) is 5.10 Å². The molecule has 35 heavy (non-hydrogen) atoms. The normalized spacial score (nSPS) is 22.0. The average molecular weight is 472 g/mol. The molecule has 2 aliphatic carbocycles. The molecular formula is C30H37N3O2. The Labute approximate surface area is 208 Å². The van der Waals surface area contributed by atoms with Gasteiger partial charge in [0.1, 0.15) is 0 Å². The summed E-state index contributed by atoms with van der Waals surface area (Å²) < 4.78 is 1.92. The Hall–Kier alpha value is -2.95. The zero-order chi connectivity index (χ0) is 25.3. The van der Waals surface area contributed by atoms with Crippen LogP contribution in [0.3, 0.4) is 0 Å². The minimum atomic E-state index is -0.339. The second-order valence-corrected chi connectivity index (χ2v) is 12.2. The molecule has 0 bridgehead atoms. The number of hydrogen-bond acceptors (Lipinski definition) is 4. The molecule has 0 radical (unpaired) electrons. The molecule has 0 saturated carbocycles. The number of allylic oxidation sites excluding steroid dienone is 4. The zero-order valence-corrected chi connectivity index (χ0v) is 22.2. The molecule has 0 atom stereocenters. The number of benzene rings is 1. The molecule has 0 unspecified atom stereocenters. The maximum absolute atomic E-state index is 13.9. The van der Waals surface area contributed by atoms with Crippen molar-refractivity contribution in [2.45, 2.75) is 86.6 Å². The molecule has 5 rings (SSSR count). The van der Waals surface area contributed by atoms with Crippen LogP contribution in [0.2, 0.25) is 0 Å². The quantitative estimate of drug-likeness (QED) is 0.519. The molecule has 0 N–H and O–H groups in total. The van der Waals surface area contributed by atoms with Crippen LogP contribution in [-0.2, 0) is 16.1 Å². The fourth-order valence-corrected chi connectivity index (χ4v) is 6.26. The molecule has 0 fully saturated rings. The highest BCUT2D eigenvalue weighted by atomic mass is 16.1. The molecule has 1 aliphatic heterocycles. The van der Waals surface area contributed by atoms with Crippen molar-refractivity contribution in [1.82, 2.24) is 9.78 Å². The van der Waals surface area contributed by atoms with Crippen LogP contribution in [0.15, 0.2) is 53.0 Å². The van der Waals surface area contributed by atoms with Crippen LogP contribution >= 0.6 is 0 Å².